The van der Waals surface area contributed by atoms with Crippen LogP contribution in [0.4, 0.5) is 0 Å². The molecule has 2 amide bonds. The third-order valence-corrected chi connectivity index (χ3v) is 5.81. The van der Waals surface area contributed by atoms with Gasteiger partial charge in [-0.3, -0.25) is 20.4 Å². The molecule has 2 rings (SSSR count). The third-order valence-electron chi connectivity index (χ3n) is 4.21. The molecule has 0 spiro atoms. The van der Waals surface area contributed by atoms with Crippen LogP contribution in [0.15, 0.2) is 41.3 Å². The predicted octanol–water partition coefficient (Wildman–Crippen LogP) is 1.45. The van der Waals surface area contributed by atoms with E-state index in [0.29, 0.717) is 17.1 Å². The first-order valence-corrected chi connectivity index (χ1v) is 10.5. The maximum absolute atomic E-state index is 12.4. The molecule has 0 unspecified atom stereocenters. The summed E-state index contributed by atoms with van der Waals surface area (Å²) in [7, 11) is -0.832. The van der Waals surface area contributed by atoms with Crippen LogP contribution in [0.1, 0.15) is 27.9 Å². The monoisotopic (exact) mass is 435 g/mol. The summed E-state index contributed by atoms with van der Waals surface area (Å²) in [5, 5.41) is 0. The highest BCUT2D eigenvalue weighted by molar-refractivity contribution is 7.89. The molecule has 162 valence electrons. The largest absolute Gasteiger partial charge is 0.497 e. The number of aryl methyl sites for hydroxylation is 2. The van der Waals surface area contributed by atoms with E-state index in [4.69, 9.17) is 9.47 Å². The van der Waals surface area contributed by atoms with Crippen molar-refractivity contribution in [3.8, 4) is 11.5 Å². The van der Waals surface area contributed by atoms with Gasteiger partial charge in [0.2, 0.25) is 15.9 Å². The zero-order chi connectivity index (χ0) is 22.3. The number of ether oxygens (including phenoxy) is 2. The maximum Gasteiger partial charge on any atom is 0.269 e. The molecular formula is C20H25N3O6S. The van der Waals surface area contributed by atoms with Crippen LogP contribution < -0.4 is 25.0 Å². The van der Waals surface area contributed by atoms with Gasteiger partial charge in [-0.1, -0.05) is 12.1 Å². The summed E-state index contributed by atoms with van der Waals surface area (Å²) in [6.45, 7) is 3.38. The van der Waals surface area contributed by atoms with E-state index in [2.05, 4.69) is 15.6 Å². The quantitative estimate of drug-likeness (QED) is 0.540. The molecule has 9 nitrogen and oxygen atoms in total. The van der Waals surface area contributed by atoms with Crippen molar-refractivity contribution in [2.45, 2.75) is 25.2 Å². The number of sulfonamides is 1. The predicted molar refractivity (Wildman–Crippen MR) is 111 cm³/mol. The van der Waals surface area contributed by atoms with E-state index >= 15 is 0 Å². The van der Waals surface area contributed by atoms with Gasteiger partial charge in [-0.2, -0.15) is 0 Å². The summed E-state index contributed by atoms with van der Waals surface area (Å²) >= 11 is 0. The van der Waals surface area contributed by atoms with E-state index < -0.39 is 21.8 Å². The number of benzene rings is 2. The van der Waals surface area contributed by atoms with Crippen LogP contribution in [0, 0.1) is 13.8 Å². The summed E-state index contributed by atoms with van der Waals surface area (Å²) < 4.78 is 37.4. The van der Waals surface area contributed by atoms with Crippen LogP contribution in [0.25, 0.3) is 0 Å². The molecule has 0 aliphatic rings. The third kappa shape index (κ3) is 6.19. The Bertz CT molecular complexity index is 1010. The smallest absolute Gasteiger partial charge is 0.269 e. The lowest BCUT2D eigenvalue weighted by Crippen LogP contribution is -2.42. The number of rotatable bonds is 8. The molecule has 2 aromatic carbocycles. The van der Waals surface area contributed by atoms with Crippen molar-refractivity contribution < 1.29 is 27.5 Å². The van der Waals surface area contributed by atoms with E-state index in [1.165, 1.54) is 26.4 Å². The van der Waals surface area contributed by atoms with Gasteiger partial charge in [0.25, 0.3) is 5.91 Å². The van der Waals surface area contributed by atoms with Crippen LogP contribution >= 0.6 is 0 Å². The molecule has 0 saturated carbocycles. The number of hydrazine groups is 1. The van der Waals surface area contributed by atoms with E-state index in [-0.39, 0.29) is 23.4 Å². The van der Waals surface area contributed by atoms with Crippen molar-refractivity contribution in [1.82, 2.24) is 15.6 Å². The van der Waals surface area contributed by atoms with Gasteiger partial charge in [-0.05, 0) is 43.2 Å². The first kappa shape index (κ1) is 23.2. The summed E-state index contributed by atoms with van der Waals surface area (Å²) in [6.07, 6.45) is -0.161. The van der Waals surface area contributed by atoms with Gasteiger partial charge < -0.3 is 9.47 Å². The molecule has 0 radical (unpaired) electrons. The van der Waals surface area contributed by atoms with Gasteiger partial charge >= 0.3 is 0 Å². The number of hydrogen-bond acceptors (Lipinski definition) is 6. The molecular weight excluding hydrogens is 410 g/mol. The minimum Gasteiger partial charge on any atom is -0.497 e. The summed E-state index contributed by atoms with van der Waals surface area (Å²) in [4.78, 5) is 24.4. The molecule has 0 aliphatic heterocycles. The Labute approximate surface area is 175 Å². The van der Waals surface area contributed by atoms with Crippen molar-refractivity contribution in [3.63, 3.8) is 0 Å². The first-order chi connectivity index (χ1) is 14.2. The second kappa shape index (κ2) is 10.1. The van der Waals surface area contributed by atoms with Crippen molar-refractivity contribution in [2.75, 3.05) is 20.8 Å². The topological polar surface area (TPSA) is 123 Å². The lowest BCUT2D eigenvalue weighted by Gasteiger charge is -2.11. The van der Waals surface area contributed by atoms with Crippen LogP contribution in [-0.4, -0.2) is 41.0 Å². The second-order valence-corrected chi connectivity index (χ2v) is 8.26. The highest BCUT2D eigenvalue weighted by atomic mass is 32.2. The van der Waals surface area contributed by atoms with Crippen LogP contribution in [0.5, 0.6) is 11.5 Å². The van der Waals surface area contributed by atoms with Gasteiger partial charge in [-0.25, -0.2) is 13.1 Å². The molecule has 2 aromatic rings. The molecule has 0 aliphatic carbocycles. The van der Waals surface area contributed by atoms with Crippen molar-refractivity contribution in [2.24, 2.45) is 0 Å². The molecule has 0 bridgehead atoms. The zero-order valence-corrected chi connectivity index (χ0v) is 18.1. The van der Waals surface area contributed by atoms with Gasteiger partial charge in [0.15, 0.2) is 0 Å². The Kier molecular flexibility index (Phi) is 7.79. The lowest BCUT2D eigenvalue weighted by atomic mass is 10.2. The molecule has 0 fully saturated rings. The Morgan fingerprint density at radius 2 is 1.57 bits per heavy atom. The SMILES string of the molecule is COc1cc(OC)cc(C(=O)NNC(=O)CCNS(=O)(=O)c2cc(C)ccc2C)c1. The average Bonchev–Trinajstić information content (AvgIpc) is 2.72. The van der Waals surface area contributed by atoms with Crippen LogP contribution in [0.3, 0.4) is 0 Å². The fourth-order valence-corrected chi connectivity index (χ4v) is 3.93. The Morgan fingerprint density at radius 1 is 0.933 bits per heavy atom. The number of hydrogen-bond donors (Lipinski definition) is 3. The van der Waals surface area contributed by atoms with E-state index in [9.17, 15) is 18.0 Å². The van der Waals surface area contributed by atoms with E-state index in [0.717, 1.165) is 5.56 Å². The highest BCUT2D eigenvalue weighted by Gasteiger charge is 2.17. The minimum absolute atomic E-state index is 0.121. The maximum atomic E-state index is 12.4. The minimum atomic E-state index is -3.74. The molecule has 0 heterocycles. The second-order valence-electron chi connectivity index (χ2n) is 6.52. The van der Waals surface area contributed by atoms with Crippen molar-refractivity contribution >= 4 is 21.8 Å². The standard InChI is InChI=1S/C20H25N3O6S/c1-13-5-6-14(2)18(9-13)30(26,27)21-8-7-19(24)22-23-20(25)15-10-16(28-3)12-17(11-15)29-4/h5-6,9-12,21H,7-8H2,1-4H3,(H,22,24)(H,23,25). The number of methoxy groups -OCH3 is 2. The highest BCUT2D eigenvalue weighted by Crippen LogP contribution is 2.22. The lowest BCUT2D eigenvalue weighted by molar-refractivity contribution is -0.121. The average molecular weight is 436 g/mol. The van der Waals surface area contributed by atoms with E-state index in [1.54, 1.807) is 32.0 Å². The normalized spacial score (nSPS) is 10.9. The number of nitrogens with one attached hydrogen (secondary N) is 3. The van der Waals surface area contributed by atoms with E-state index in [1.807, 2.05) is 6.07 Å². The van der Waals surface area contributed by atoms with Gasteiger partial charge in [-0.15, -0.1) is 0 Å². The summed E-state index contributed by atoms with van der Waals surface area (Å²) in [6, 6.07) is 9.70. The Balaban J connectivity index is 1.88. The number of carbonyl (C=O) groups is 2. The number of amides is 2. The summed E-state index contributed by atoms with van der Waals surface area (Å²) in [5.41, 5.74) is 6.17. The Morgan fingerprint density at radius 3 is 2.17 bits per heavy atom. The molecule has 10 heteroatoms. The fraction of sp³-hybridized carbons (Fsp3) is 0.300. The molecule has 3 N–H and O–H groups in total. The zero-order valence-electron chi connectivity index (χ0n) is 17.2. The molecule has 30 heavy (non-hydrogen) atoms. The van der Waals surface area contributed by atoms with Crippen molar-refractivity contribution in [3.05, 3.63) is 53.1 Å². The first-order valence-electron chi connectivity index (χ1n) is 9.05. The summed E-state index contributed by atoms with van der Waals surface area (Å²) in [5.74, 6) is -0.281. The van der Waals surface area contributed by atoms with Gasteiger partial charge in [0.05, 0.1) is 19.1 Å². The van der Waals surface area contributed by atoms with Crippen LogP contribution in [-0.2, 0) is 14.8 Å². The van der Waals surface area contributed by atoms with Crippen LogP contribution in [0.2, 0.25) is 0 Å². The fourth-order valence-electron chi connectivity index (χ4n) is 2.57. The Hall–Kier alpha value is -3.11. The molecule has 0 atom stereocenters. The van der Waals surface area contributed by atoms with Gasteiger partial charge in [0, 0.05) is 24.6 Å². The van der Waals surface area contributed by atoms with Gasteiger partial charge in [0.1, 0.15) is 11.5 Å². The molecule has 0 saturated heterocycles. The number of carbonyl (C=O) groups excluding carboxylic acids is 2. The van der Waals surface area contributed by atoms with Crippen molar-refractivity contribution in [1.29, 1.82) is 0 Å². The molecule has 0 aromatic heterocycles.